The first kappa shape index (κ1) is 45.0. The fraction of sp³-hybridized carbons (Fsp3) is 0.676. The van der Waals surface area contributed by atoms with Gasteiger partial charge in [0.25, 0.3) is 5.91 Å². The second-order valence-corrected chi connectivity index (χ2v) is 15.5. The predicted molar refractivity (Wildman–Crippen MR) is 195 cm³/mol. The summed E-state index contributed by atoms with van der Waals surface area (Å²) in [5, 5.41) is 7.59. The number of nitrogens with two attached hydrogens (primary N) is 1. The summed E-state index contributed by atoms with van der Waals surface area (Å²) in [6.07, 6.45) is 12.5. The van der Waals surface area contributed by atoms with Crippen LogP contribution in [-0.4, -0.2) is 90.1 Å². The molecule has 3 atom stereocenters. The molecule has 278 valence electrons. The number of Topliss-reactive ketones (excluding diaryl/α,β-unsaturated/α-hetero) is 1. The zero-order valence-electron chi connectivity index (χ0n) is 31.9. The van der Waals surface area contributed by atoms with E-state index >= 15 is 0 Å². The second kappa shape index (κ2) is 21.2. The fourth-order valence-electron chi connectivity index (χ4n) is 4.59. The van der Waals surface area contributed by atoms with Gasteiger partial charge in [0.05, 0.1) is 12.6 Å². The van der Waals surface area contributed by atoms with Crippen LogP contribution >= 0.6 is 0 Å². The first-order chi connectivity index (χ1) is 22.5. The highest BCUT2D eigenvalue weighted by atomic mass is 16.2. The highest BCUT2D eigenvalue weighted by molar-refractivity contribution is 6.37. The van der Waals surface area contributed by atoms with Gasteiger partial charge in [-0.2, -0.15) is 0 Å². The molecule has 0 aromatic heterocycles. The van der Waals surface area contributed by atoms with Gasteiger partial charge in [0.2, 0.25) is 23.5 Å². The average Bonchev–Trinajstić information content (AvgIpc) is 3.48. The average molecular weight is 689 g/mol. The molecule has 0 spiro atoms. The highest BCUT2D eigenvalue weighted by Crippen LogP contribution is 2.26. The van der Waals surface area contributed by atoms with Crippen LogP contribution in [0.1, 0.15) is 101 Å². The Morgan fingerprint density at radius 2 is 1.53 bits per heavy atom. The molecule has 0 bridgehead atoms. The molecule has 0 aromatic carbocycles. The maximum Gasteiger partial charge on any atom is 0.315 e. The Labute approximate surface area is 294 Å². The van der Waals surface area contributed by atoms with Gasteiger partial charge in [0, 0.05) is 20.1 Å². The van der Waals surface area contributed by atoms with E-state index < -0.39 is 53.1 Å². The molecule has 49 heavy (non-hydrogen) atoms. The molecule has 1 aliphatic heterocycles. The summed E-state index contributed by atoms with van der Waals surface area (Å²) in [7, 11) is 1.62. The maximum atomic E-state index is 13.5. The van der Waals surface area contributed by atoms with Gasteiger partial charge >= 0.3 is 6.03 Å². The number of nitrogens with one attached hydrogen (secondary N) is 3. The van der Waals surface area contributed by atoms with E-state index in [1.807, 2.05) is 19.1 Å². The number of allylic oxidation sites excluding steroid dienone is 3. The van der Waals surface area contributed by atoms with Crippen molar-refractivity contribution in [2.75, 3.05) is 26.7 Å². The third kappa shape index (κ3) is 18.4. The highest BCUT2D eigenvalue weighted by Gasteiger charge is 2.42. The van der Waals surface area contributed by atoms with Crippen molar-refractivity contribution in [1.82, 2.24) is 25.8 Å². The van der Waals surface area contributed by atoms with E-state index in [4.69, 9.17) is 5.73 Å². The summed E-state index contributed by atoms with van der Waals surface area (Å²) < 4.78 is 0. The van der Waals surface area contributed by atoms with Crippen LogP contribution in [0.3, 0.4) is 0 Å². The molecule has 6 amide bonds. The molecule has 0 radical (unpaired) electrons. The summed E-state index contributed by atoms with van der Waals surface area (Å²) in [6.45, 7) is 23.5. The predicted octanol–water partition coefficient (Wildman–Crippen LogP) is 4.26. The van der Waals surface area contributed by atoms with Gasteiger partial charge in [0.15, 0.2) is 0 Å². The second-order valence-electron chi connectivity index (χ2n) is 15.5. The molecule has 12 heteroatoms. The number of hydrogen-bond donors (Lipinski definition) is 4. The number of nitrogens with zero attached hydrogens (tertiary/aromatic N) is 2. The van der Waals surface area contributed by atoms with Gasteiger partial charge in [-0.05, 0) is 49.0 Å². The summed E-state index contributed by atoms with van der Waals surface area (Å²) in [4.78, 5) is 77.3. The maximum absolute atomic E-state index is 13.5. The topological polar surface area (TPSA) is 171 Å². The van der Waals surface area contributed by atoms with Gasteiger partial charge in [-0.25, -0.2) is 4.79 Å². The molecule has 1 saturated heterocycles. The van der Waals surface area contributed by atoms with Crippen LogP contribution in [0.15, 0.2) is 36.5 Å². The number of carbonyl (C=O) groups is 6. The van der Waals surface area contributed by atoms with E-state index in [0.29, 0.717) is 24.8 Å². The summed E-state index contributed by atoms with van der Waals surface area (Å²) >= 11 is 0. The van der Waals surface area contributed by atoms with Crippen molar-refractivity contribution < 1.29 is 28.8 Å². The van der Waals surface area contributed by atoms with Crippen molar-refractivity contribution >= 4 is 35.4 Å². The lowest BCUT2D eigenvalue weighted by molar-refractivity contribution is -0.143. The number of hydrogen-bond acceptors (Lipinski definition) is 6. The Morgan fingerprint density at radius 1 is 0.980 bits per heavy atom. The number of ketones is 1. The minimum atomic E-state index is -1.17. The lowest BCUT2D eigenvalue weighted by Gasteiger charge is -2.35. The lowest BCUT2D eigenvalue weighted by Crippen LogP contribution is -2.60. The lowest BCUT2D eigenvalue weighted by atomic mass is 9.85. The number of amides is 6. The number of urea groups is 1. The van der Waals surface area contributed by atoms with E-state index in [1.54, 1.807) is 40.0 Å². The first-order valence-corrected chi connectivity index (χ1v) is 17.2. The van der Waals surface area contributed by atoms with E-state index in [2.05, 4.69) is 57.1 Å². The van der Waals surface area contributed by atoms with Gasteiger partial charge < -0.3 is 31.5 Å². The Kier molecular flexibility index (Phi) is 19.5. The van der Waals surface area contributed by atoms with E-state index in [1.165, 1.54) is 36.0 Å². The van der Waals surface area contributed by atoms with Crippen LogP contribution in [0, 0.1) is 16.7 Å². The third-order valence-electron chi connectivity index (χ3n) is 7.68. The number of likely N-dealkylation sites (N-methyl/N-ethyl adjacent to an activating group) is 1. The molecule has 2 unspecified atom stereocenters. The SMILES string of the molecule is C=C/C=C\C(=C/C)CN(C)C(=O)CNC(=O)NC(C(=O)N1CCC[C@H]1C(=O)NC(C)C(=O)C(N)=O)C(C)(C)C.CC(C)(C)C.CC1CCC1. The molecular weight excluding hydrogens is 624 g/mol. The van der Waals surface area contributed by atoms with Crippen LogP contribution in [0.5, 0.6) is 0 Å². The van der Waals surface area contributed by atoms with Crippen LogP contribution in [0.4, 0.5) is 4.79 Å². The molecule has 12 nitrogen and oxygen atoms in total. The summed E-state index contributed by atoms with van der Waals surface area (Å²) in [5.41, 5.74) is 5.66. The molecule has 2 aliphatic rings. The normalized spacial score (nSPS) is 17.6. The largest absolute Gasteiger partial charge is 0.363 e. The van der Waals surface area contributed by atoms with Crippen LogP contribution in [-0.2, 0) is 24.0 Å². The number of likely N-dealkylation sites (tertiary alicyclic amines) is 1. The minimum absolute atomic E-state index is 0.280. The van der Waals surface area contributed by atoms with Gasteiger partial charge in [-0.15, -0.1) is 0 Å². The molecule has 5 N–H and O–H groups in total. The molecule has 2 rings (SSSR count). The summed E-state index contributed by atoms with van der Waals surface area (Å²) in [6, 6.07) is -3.72. The minimum Gasteiger partial charge on any atom is -0.363 e. The summed E-state index contributed by atoms with van der Waals surface area (Å²) in [5.74, 6) is -2.43. The van der Waals surface area contributed by atoms with E-state index in [0.717, 1.165) is 11.5 Å². The van der Waals surface area contributed by atoms with Crippen molar-refractivity contribution in [3.05, 3.63) is 36.5 Å². The quantitative estimate of drug-likeness (QED) is 0.176. The van der Waals surface area contributed by atoms with Crippen LogP contribution in [0.25, 0.3) is 0 Å². The Morgan fingerprint density at radius 3 is 1.96 bits per heavy atom. The van der Waals surface area contributed by atoms with E-state index in [-0.39, 0.29) is 19.0 Å². The Balaban J connectivity index is 0.00000197. The van der Waals surface area contributed by atoms with Crippen LogP contribution in [0.2, 0.25) is 0 Å². The van der Waals surface area contributed by atoms with Gasteiger partial charge in [-0.3, -0.25) is 24.0 Å². The van der Waals surface area contributed by atoms with Gasteiger partial charge in [0.1, 0.15) is 12.1 Å². The first-order valence-electron chi connectivity index (χ1n) is 17.2. The zero-order valence-corrected chi connectivity index (χ0v) is 31.9. The fourth-order valence-corrected chi connectivity index (χ4v) is 4.59. The Bertz CT molecular complexity index is 1200. The standard InChI is InChI=1S/C27H42N6O6.C5H10.C5H12/c1-8-10-12-18(9-2)16-32(7)20(34)15-29-26(39)31-22(27(4,5)6)25(38)33-14-11-13-19(33)24(37)30-17(3)21(35)23(28)36;1-5-3-2-4-5;1-5(2,3)4/h8-10,12,17,19,22H,1,11,13-16H2,2-7H3,(H2,28,36)(H,30,37)(H2,29,31,39);5H,2-4H2,1H3;1-4H3/b12-10-,18-9+;;/t17?,19-,22?;;/m0../s1. The molecule has 1 heterocycles. The van der Waals surface area contributed by atoms with Crippen molar-refractivity contribution in [2.45, 2.75) is 119 Å². The molecule has 1 saturated carbocycles. The van der Waals surface area contributed by atoms with Crippen molar-refractivity contribution in [2.24, 2.45) is 22.5 Å². The van der Waals surface area contributed by atoms with E-state index in [9.17, 15) is 28.8 Å². The van der Waals surface area contributed by atoms with Crippen molar-refractivity contribution in [3.8, 4) is 0 Å². The van der Waals surface area contributed by atoms with Crippen LogP contribution < -0.4 is 21.7 Å². The Hall–Kier alpha value is -3.96. The number of primary amides is 1. The molecular formula is C37H64N6O6. The molecule has 1 aliphatic carbocycles. The zero-order chi connectivity index (χ0) is 38.1. The van der Waals surface area contributed by atoms with Gasteiger partial charge in [-0.1, -0.05) is 106 Å². The smallest absolute Gasteiger partial charge is 0.315 e. The molecule has 0 aromatic rings. The third-order valence-corrected chi connectivity index (χ3v) is 7.68. The molecule has 2 fully saturated rings. The monoisotopic (exact) mass is 688 g/mol. The van der Waals surface area contributed by atoms with Crippen molar-refractivity contribution in [3.63, 3.8) is 0 Å². The number of carbonyl (C=O) groups excluding carboxylic acids is 6. The van der Waals surface area contributed by atoms with Crippen molar-refractivity contribution in [1.29, 1.82) is 0 Å². The number of rotatable bonds is 12.